The van der Waals surface area contributed by atoms with Gasteiger partial charge in [-0.3, -0.25) is 4.79 Å². The maximum absolute atomic E-state index is 12.2. The van der Waals surface area contributed by atoms with Gasteiger partial charge in [0, 0.05) is 12.5 Å². The van der Waals surface area contributed by atoms with E-state index in [1.54, 1.807) is 24.3 Å². The minimum Gasteiger partial charge on any atom is -0.460 e. The number of carbonyl (C=O) groups excluding carboxylic acids is 1. The number of nitrogens with zero attached hydrogens (tertiary/aromatic N) is 1. The number of rotatable bonds is 7. The molecule has 1 rings (SSSR count). The Morgan fingerprint density at radius 1 is 1.38 bits per heavy atom. The minimum absolute atomic E-state index is 0.0104. The number of hydrogen-bond acceptors (Lipinski definition) is 6. The van der Waals surface area contributed by atoms with Gasteiger partial charge in [0.2, 0.25) is 0 Å². The Morgan fingerprint density at radius 2 is 2.00 bits per heavy atom. The number of ether oxygens (including phenoxy) is 1. The number of oxime groups is 1. The Morgan fingerprint density at radius 3 is 2.52 bits per heavy atom. The summed E-state index contributed by atoms with van der Waals surface area (Å²) in [5.41, 5.74) is 0.777. The van der Waals surface area contributed by atoms with Crippen LogP contribution in [-0.4, -0.2) is 36.8 Å². The second-order valence-corrected chi connectivity index (χ2v) is 7.35. The normalized spacial score (nSPS) is 14.8. The van der Waals surface area contributed by atoms with Gasteiger partial charge in [0.05, 0.1) is 0 Å². The van der Waals surface area contributed by atoms with Crippen molar-refractivity contribution in [2.75, 3.05) is 6.26 Å². The van der Waals surface area contributed by atoms with Crippen molar-refractivity contribution in [2.24, 2.45) is 5.16 Å². The van der Waals surface area contributed by atoms with Gasteiger partial charge in [-0.2, -0.15) is 0 Å². The van der Waals surface area contributed by atoms with Crippen LogP contribution in [-0.2, 0) is 26.0 Å². The average Bonchev–Trinajstić information content (AvgIpc) is 2.44. The second-order valence-electron chi connectivity index (χ2n) is 4.90. The van der Waals surface area contributed by atoms with Crippen LogP contribution in [0.25, 0.3) is 0 Å². The predicted octanol–water partition coefficient (Wildman–Crippen LogP) is 1.77. The third-order valence-corrected chi connectivity index (χ3v) is 5.30. The van der Waals surface area contributed by atoms with Crippen LogP contribution >= 0.6 is 0 Å². The van der Waals surface area contributed by atoms with E-state index >= 15 is 0 Å². The van der Waals surface area contributed by atoms with Crippen molar-refractivity contribution in [1.82, 2.24) is 0 Å². The molecule has 21 heavy (non-hydrogen) atoms. The van der Waals surface area contributed by atoms with E-state index in [-0.39, 0.29) is 19.4 Å². The Hall–Kier alpha value is -1.89. The zero-order chi connectivity index (χ0) is 15.9. The molecular weight excluding hydrogens is 294 g/mol. The minimum atomic E-state index is -3.67. The van der Waals surface area contributed by atoms with Crippen molar-refractivity contribution in [3.8, 4) is 0 Å². The molecule has 0 amide bonds. The van der Waals surface area contributed by atoms with Crippen molar-refractivity contribution in [1.29, 1.82) is 0 Å². The highest BCUT2D eigenvalue weighted by molar-refractivity contribution is 7.92. The van der Waals surface area contributed by atoms with Crippen LogP contribution in [0.15, 0.2) is 35.5 Å². The Labute approximate surface area is 124 Å². The number of sulfone groups is 1. The van der Waals surface area contributed by atoms with Crippen molar-refractivity contribution in [3.63, 3.8) is 0 Å². The molecule has 1 aromatic rings. The van der Waals surface area contributed by atoms with Gasteiger partial charge in [0.1, 0.15) is 6.61 Å². The zero-order valence-electron chi connectivity index (χ0n) is 12.0. The lowest BCUT2D eigenvalue weighted by molar-refractivity contribution is -0.147. The van der Waals surface area contributed by atoms with E-state index < -0.39 is 20.6 Å². The van der Waals surface area contributed by atoms with Crippen LogP contribution in [0.5, 0.6) is 0 Å². The van der Waals surface area contributed by atoms with Gasteiger partial charge in [-0.25, -0.2) is 8.42 Å². The van der Waals surface area contributed by atoms with Crippen molar-refractivity contribution in [3.05, 3.63) is 35.9 Å². The summed E-state index contributed by atoms with van der Waals surface area (Å²) in [7, 11) is -3.67. The standard InChI is InChI=1S/C14H19NO5S/c1-14(21(2,18)19,9-6-10-15-17)13(16)20-11-12-7-4-3-5-8-12/h3-5,7-8,10,17H,6,9,11H2,1-2H3/t14-/m1/s1. The fourth-order valence-corrected chi connectivity index (χ4v) is 2.56. The largest absolute Gasteiger partial charge is 0.460 e. The highest BCUT2D eigenvalue weighted by Gasteiger charge is 2.44. The zero-order valence-corrected chi connectivity index (χ0v) is 12.8. The van der Waals surface area contributed by atoms with Crippen molar-refractivity contribution >= 4 is 22.0 Å². The Balaban J connectivity index is 2.81. The molecule has 116 valence electrons. The topological polar surface area (TPSA) is 93.0 Å². The molecule has 0 aromatic heterocycles. The van der Waals surface area contributed by atoms with Crippen LogP contribution in [0.4, 0.5) is 0 Å². The number of hydrogen-bond donors (Lipinski definition) is 1. The lowest BCUT2D eigenvalue weighted by atomic mass is 10.1. The van der Waals surface area contributed by atoms with Gasteiger partial charge in [0.25, 0.3) is 0 Å². The summed E-state index contributed by atoms with van der Waals surface area (Å²) in [6, 6.07) is 9.00. The van der Waals surface area contributed by atoms with Crippen LogP contribution in [0.1, 0.15) is 25.3 Å². The van der Waals surface area contributed by atoms with Gasteiger partial charge in [-0.1, -0.05) is 30.3 Å². The first-order valence-corrected chi connectivity index (χ1v) is 8.27. The molecule has 0 aliphatic heterocycles. The van der Waals surface area contributed by atoms with E-state index in [1.165, 1.54) is 6.92 Å². The van der Waals surface area contributed by atoms with Gasteiger partial charge < -0.3 is 9.94 Å². The summed E-state index contributed by atoms with van der Waals surface area (Å²) in [4.78, 5) is 12.2. The molecule has 0 saturated carbocycles. The highest BCUT2D eigenvalue weighted by atomic mass is 32.2. The Bertz CT molecular complexity index is 597. The molecule has 0 unspecified atom stereocenters. The predicted molar refractivity (Wildman–Crippen MR) is 79.0 cm³/mol. The Kier molecular flexibility index (Phi) is 5.90. The molecule has 0 spiro atoms. The third kappa shape index (κ3) is 4.56. The average molecular weight is 313 g/mol. The molecule has 0 aliphatic carbocycles. The first kappa shape index (κ1) is 17.2. The quantitative estimate of drug-likeness (QED) is 0.358. The van der Waals surface area contributed by atoms with Crippen molar-refractivity contribution < 1.29 is 23.2 Å². The number of esters is 1. The molecule has 1 aromatic carbocycles. The van der Waals surface area contributed by atoms with E-state index in [2.05, 4.69) is 5.16 Å². The molecule has 0 aliphatic rings. The molecule has 1 N–H and O–H groups in total. The van der Waals surface area contributed by atoms with Gasteiger partial charge in [-0.05, 0) is 25.3 Å². The molecule has 0 saturated heterocycles. The molecule has 0 radical (unpaired) electrons. The summed E-state index contributed by atoms with van der Waals surface area (Å²) >= 11 is 0. The van der Waals surface area contributed by atoms with Gasteiger partial charge >= 0.3 is 5.97 Å². The third-order valence-electron chi connectivity index (χ3n) is 3.30. The lowest BCUT2D eigenvalue weighted by Crippen LogP contribution is -2.44. The van der Waals surface area contributed by atoms with Crippen LogP contribution in [0.2, 0.25) is 0 Å². The van der Waals surface area contributed by atoms with Gasteiger partial charge in [0.15, 0.2) is 14.6 Å². The van der Waals surface area contributed by atoms with E-state index in [0.717, 1.165) is 18.0 Å². The van der Waals surface area contributed by atoms with E-state index in [4.69, 9.17) is 9.94 Å². The number of benzene rings is 1. The molecular formula is C14H19NO5S. The van der Waals surface area contributed by atoms with E-state index in [9.17, 15) is 13.2 Å². The second kappa shape index (κ2) is 7.21. The fraction of sp³-hybridized carbons (Fsp3) is 0.429. The first-order valence-electron chi connectivity index (χ1n) is 6.38. The maximum atomic E-state index is 12.2. The van der Waals surface area contributed by atoms with Crippen molar-refractivity contribution in [2.45, 2.75) is 31.1 Å². The first-order chi connectivity index (χ1) is 9.81. The molecule has 1 atom stereocenters. The molecule has 0 heterocycles. The van der Waals surface area contributed by atoms with E-state index in [1.807, 2.05) is 6.07 Å². The van der Waals surface area contributed by atoms with Gasteiger partial charge in [-0.15, -0.1) is 5.16 Å². The summed E-state index contributed by atoms with van der Waals surface area (Å²) in [6.07, 6.45) is 2.28. The lowest BCUT2D eigenvalue weighted by Gasteiger charge is -2.24. The molecule has 0 fully saturated rings. The van der Waals surface area contributed by atoms with Crippen LogP contribution in [0, 0.1) is 0 Å². The van der Waals surface area contributed by atoms with Crippen LogP contribution in [0.3, 0.4) is 0 Å². The SMILES string of the molecule is C[C@@](CCC=NO)(C(=O)OCc1ccccc1)S(C)(=O)=O. The van der Waals surface area contributed by atoms with Crippen LogP contribution < -0.4 is 0 Å². The summed E-state index contributed by atoms with van der Waals surface area (Å²) in [5, 5.41) is 11.2. The summed E-state index contributed by atoms with van der Waals surface area (Å²) in [5.74, 6) is -0.805. The molecule has 7 heteroatoms. The molecule has 0 bridgehead atoms. The van der Waals surface area contributed by atoms with E-state index in [0.29, 0.717) is 0 Å². The summed E-state index contributed by atoms with van der Waals surface area (Å²) < 4.78 is 27.2. The highest BCUT2D eigenvalue weighted by Crippen LogP contribution is 2.24. The monoisotopic (exact) mass is 313 g/mol. The maximum Gasteiger partial charge on any atom is 0.327 e. The smallest absolute Gasteiger partial charge is 0.327 e. The molecule has 6 nitrogen and oxygen atoms in total. The number of carbonyl (C=O) groups is 1. The summed E-state index contributed by atoms with van der Waals surface area (Å²) in [6.45, 7) is 1.33. The fourth-order valence-electron chi connectivity index (χ4n) is 1.71.